The van der Waals surface area contributed by atoms with Crippen LogP contribution in [0.2, 0.25) is 0 Å². The van der Waals surface area contributed by atoms with Gasteiger partial charge in [-0.3, -0.25) is 0 Å². The van der Waals surface area contributed by atoms with E-state index in [1.54, 1.807) is 0 Å². The first-order valence-electron chi connectivity index (χ1n) is 3.09. The minimum absolute atomic E-state index is 0.554. The lowest BCUT2D eigenvalue weighted by atomic mass is 10.2. The van der Waals surface area contributed by atoms with Crippen molar-refractivity contribution in [2.24, 2.45) is 5.92 Å². The molecule has 1 heterocycles. The van der Waals surface area contributed by atoms with Gasteiger partial charge in [-0.25, -0.2) is 12.7 Å². The zero-order valence-corrected chi connectivity index (χ0v) is 6.30. The summed E-state index contributed by atoms with van der Waals surface area (Å²) < 4.78 is 22.1. The summed E-state index contributed by atoms with van der Waals surface area (Å²) in [6.07, 6.45) is 1.02. The Bertz CT molecular complexity index is 158. The predicted molar refractivity (Wildman–Crippen MR) is 35.7 cm³/mol. The summed E-state index contributed by atoms with van der Waals surface area (Å²) in [4.78, 5) is 0. The lowest BCUT2D eigenvalue weighted by molar-refractivity contribution is 0.483. The maximum absolute atomic E-state index is 10.3. The Hall–Kier alpha value is -0.0900. The fourth-order valence-electron chi connectivity index (χ4n) is 1.06. The average molecular weight is 149 g/mol. The molecule has 0 bridgehead atoms. The normalized spacial score (nSPS) is 29.8. The zero-order valence-electron chi connectivity index (χ0n) is 5.41. The second kappa shape index (κ2) is 2.66. The van der Waals surface area contributed by atoms with Crippen molar-refractivity contribution >= 4 is 10.9 Å². The molecule has 0 amide bonds. The van der Waals surface area contributed by atoms with Crippen molar-refractivity contribution in [1.82, 2.24) is 4.31 Å². The van der Waals surface area contributed by atoms with E-state index in [4.69, 9.17) is 0 Å². The summed E-state index contributed by atoms with van der Waals surface area (Å²) in [5.74, 6) is 0.554. The molecule has 1 unspecified atom stereocenters. The molecule has 0 aromatic heterocycles. The SMILES string of the molecule is CC1CCN([SH](=O)=O)C1. The van der Waals surface area contributed by atoms with Crippen molar-refractivity contribution in [2.45, 2.75) is 13.3 Å². The Morgan fingerprint density at radius 1 is 1.56 bits per heavy atom. The van der Waals surface area contributed by atoms with Gasteiger partial charge in [-0.15, -0.1) is 0 Å². The van der Waals surface area contributed by atoms with E-state index in [2.05, 4.69) is 6.92 Å². The van der Waals surface area contributed by atoms with Gasteiger partial charge in [0.15, 0.2) is 0 Å². The van der Waals surface area contributed by atoms with Crippen molar-refractivity contribution < 1.29 is 8.42 Å². The summed E-state index contributed by atoms with van der Waals surface area (Å²) in [6, 6.07) is 0. The number of hydrogen-bond acceptors (Lipinski definition) is 2. The van der Waals surface area contributed by atoms with E-state index in [1.807, 2.05) is 0 Å². The van der Waals surface area contributed by atoms with E-state index in [1.165, 1.54) is 4.31 Å². The quantitative estimate of drug-likeness (QED) is 0.527. The molecule has 4 heteroatoms. The zero-order chi connectivity index (χ0) is 6.85. The third-order valence-electron chi connectivity index (χ3n) is 1.63. The average Bonchev–Trinajstić information content (AvgIpc) is 2.14. The van der Waals surface area contributed by atoms with Gasteiger partial charge < -0.3 is 0 Å². The fourth-order valence-corrected chi connectivity index (χ4v) is 1.75. The Balaban J connectivity index is 2.48. The lowest BCUT2D eigenvalue weighted by Crippen LogP contribution is -2.17. The first-order chi connectivity index (χ1) is 4.20. The molecule has 0 saturated carbocycles. The highest BCUT2D eigenvalue weighted by Crippen LogP contribution is 2.13. The van der Waals surface area contributed by atoms with Crippen LogP contribution in [0.3, 0.4) is 0 Å². The van der Waals surface area contributed by atoms with Gasteiger partial charge in [-0.2, -0.15) is 0 Å². The molecule has 0 N–H and O–H groups in total. The van der Waals surface area contributed by atoms with Crippen LogP contribution in [0, 0.1) is 5.92 Å². The Morgan fingerprint density at radius 2 is 2.22 bits per heavy atom. The number of thiol groups is 1. The molecule has 1 fully saturated rings. The largest absolute Gasteiger partial charge is 0.215 e. The Labute approximate surface area is 56.7 Å². The third kappa shape index (κ3) is 1.66. The van der Waals surface area contributed by atoms with Gasteiger partial charge >= 0.3 is 0 Å². The standard InChI is InChI=1S/C5H11NO2S/c1-5-2-3-6(4-5)9(7)8/h5,9H,2-4H2,1H3. The highest BCUT2D eigenvalue weighted by atomic mass is 32.2. The van der Waals surface area contributed by atoms with Crippen LogP contribution in [0.4, 0.5) is 0 Å². The topological polar surface area (TPSA) is 37.4 Å². The third-order valence-corrected chi connectivity index (χ3v) is 2.46. The van der Waals surface area contributed by atoms with E-state index < -0.39 is 10.9 Å². The number of hydrogen-bond donors (Lipinski definition) is 1. The minimum Gasteiger partial charge on any atom is -0.215 e. The van der Waals surface area contributed by atoms with Crippen LogP contribution in [-0.4, -0.2) is 25.8 Å². The second-order valence-corrected chi connectivity index (χ2v) is 3.59. The summed E-state index contributed by atoms with van der Waals surface area (Å²) >= 11 is 0. The van der Waals surface area contributed by atoms with E-state index >= 15 is 0 Å². The van der Waals surface area contributed by atoms with Crippen molar-refractivity contribution in [3.63, 3.8) is 0 Å². The molecule has 0 aliphatic carbocycles. The Morgan fingerprint density at radius 3 is 2.44 bits per heavy atom. The van der Waals surface area contributed by atoms with Crippen LogP contribution >= 0.6 is 0 Å². The second-order valence-electron chi connectivity index (χ2n) is 2.54. The molecule has 1 aliphatic heterocycles. The smallest absolute Gasteiger partial charge is 0.203 e. The molecule has 9 heavy (non-hydrogen) atoms. The van der Waals surface area contributed by atoms with E-state index in [0.29, 0.717) is 5.92 Å². The highest BCUT2D eigenvalue weighted by molar-refractivity contribution is 7.69. The van der Waals surface area contributed by atoms with Crippen molar-refractivity contribution in [2.75, 3.05) is 13.1 Å². The van der Waals surface area contributed by atoms with Crippen LogP contribution < -0.4 is 0 Å². The summed E-state index contributed by atoms with van der Waals surface area (Å²) in [7, 11) is -2.29. The van der Waals surface area contributed by atoms with Crippen molar-refractivity contribution in [3.8, 4) is 0 Å². The molecule has 3 nitrogen and oxygen atoms in total. The first-order valence-corrected chi connectivity index (χ1v) is 4.22. The van der Waals surface area contributed by atoms with Crippen LogP contribution in [-0.2, 0) is 10.9 Å². The monoisotopic (exact) mass is 149 g/mol. The van der Waals surface area contributed by atoms with Crippen LogP contribution in [0.1, 0.15) is 13.3 Å². The maximum Gasteiger partial charge on any atom is 0.203 e. The van der Waals surface area contributed by atoms with Crippen molar-refractivity contribution in [1.29, 1.82) is 0 Å². The van der Waals surface area contributed by atoms with E-state index in [9.17, 15) is 8.42 Å². The highest BCUT2D eigenvalue weighted by Gasteiger charge is 2.19. The van der Waals surface area contributed by atoms with E-state index in [-0.39, 0.29) is 0 Å². The molecule has 54 valence electrons. The van der Waals surface area contributed by atoms with Gasteiger partial charge in [0.25, 0.3) is 0 Å². The molecule has 0 radical (unpaired) electrons. The van der Waals surface area contributed by atoms with Gasteiger partial charge in [-0.1, -0.05) is 6.92 Å². The Kier molecular flexibility index (Phi) is 2.08. The fraction of sp³-hybridized carbons (Fsp3) is 1.00. The minimum atomic E-state index is -2.29. The molecule has 1 rings (SSSR count). The van der Waals surface area contributed by atoms with Gasteiger partial charge in [0, 0.05) is 13.1 Å². The van der Waals surface area contributed by atoms with Crippen LogP contribution in [0.5, 0.6) is 0 Å². The molecule has 0 aromatic carbocycles. The summed E-state index contributed by atoms with van der Waals surface area (Å²) in [6.45, 7) is 3.51. The first kappa shape index (κ1) is 7.02. The molecule has 1 atom stereocenters. The maximum atomic E-state index is 10.3. The molecule has 0 aromatic rings. The summed E-state index contributed by atoms with van der Waals surface area (Å²) in [5.41, 5.74) is 0. The molecule has 0 spiro atoms. The van der Waals surface area contributed by atoms with Gasteiger partial charge in [0.05, 0.1) is 0 Å². The summed E-state index contributed by atoms with van der Waals surface area (Å²) in [5, 5.41) is 0. The van der Waals surface area contributed by atoms with E-state index in [0.717, 1.165) is 19.5 Å². The number of rotatable bonds is 1. The van der Waals surface area contributed by atoms with Crippen molar-refractivity contribution in [3.05, 3.63) is 0 Å². The van der Waals surface area contributed by atoms with Crippen LogP contribution in [0.25, 0.3) is 0 Å². The predicted octanol–water partition coefficient (Wildman–Crippen LogP) is -0.145. The van der Waals surface area contributed by atoms with Gasteiger partial charge in [0.1, 0.15) is 0 Å². The molecule has 1 aliphatic rings. The molecule has 1 saturated heterocycles. The molecular weight excluding hydrogens is 138 g/mol. The lowest BCUT2D eigenvalue weighted by Gasteiger charge is -2.02. The molecular formula is C5H11NO2S. The van der Waals surface area contributed by atoms with Gasteiger partial charge in [0.2, 0.25) is 10.9 Å². The van der Waals surface area contributed by atoms with Gasteiger partial charge in [-0.05, 0) is 12.3 Å². The number of nitrogens with zero attached hydrogens (tertiary/aromatic N) is 1. The van der Waals surface area contributed by atoms with Crippen LogP contribution in [0.15, 0.2) is 0 Å².